The van der Waals surface area contributed by atoms with E-state index in [2.05, 4.69) is 4.74 Å². The van der Waals surface area contributed by atoms with Gasteiger partial charge >= 0.3 is 5.97 Å². The van der Waals surface area contributed by atoms with Crippen molar-refractivity contribution in [3.05, 3.63) is 35.6 Å². The number of benzene rings is 1. The number of aliphatic hydroxyl groups is 1. The Morgan fingerprint density at radius 3 is 2.80 bits per heavy atom. The molecule has 0 saturated heterocycles. The van der Waals surface area contributed by atoms with Crippen LogP contribution in [-0.2, 0) is 16.0 Å². The van der Waals surface area contributed by atoms with Gasteiger partial charge in [-0.1, -0.05) is 12.1 Å². The van der Waals surface area contributed by atoms with Crippen LogP contribution in [0.4, 0.5) is 4.39 Å². The zero-order chi connectivity index (χ0) is 11.5. The average Bonchev–Trinajstić information content (AvgIpc) is 2.15. The first kappa shape index (κ1) is 11.7. The van der Waals surface area contributed by atoms with Gasteiger partial charge in [0.15, 0.2) is 5.60 Å². The van der Waals surface area contributed by atoms with Crippen LogP contribution in [0.15, 0.2) is 24.3 Å². The number of hydrogen-bond acceptors (Lipinski definition) is 3. The molecule has 0 saturated carbocycles. The predicted molar refractivity (Wildman–Crippen MR) is 52.7 cm³/mol. The van der Waals surface area contributed by atoms with E-state index in [1.54, 1.807) is 6.07 Å². The van der Waals surface area contributed by atoms with Crippen molar-refractivity contribution in [3.63, 3.8) is 0 Å². The van der Waals surface area contributed by atoms with Gasteiger partial charge in [0.2, 0.25) is 0 Å². The highest BCUT2D eigenvalue weighted by Crippen LogP contribution is 2.15. The number of hydrogen-bond donors (Lipinski definition) is 1. The van der Waals surface area contributed by atoms with Crippen LogP contribution in [0.1, 0.15) is 12.5 Å². The number of carbonyl (C=O) groups excluding carboxylic acids is 1. The minimum absolute atomic E-state index is 0.0252. The molecule has 0 heterocycles. The number of methoxy groups -OCH3 is 1. The Balaban J connectivity index is 2.81. The fourth-order valence-electron chi connectivity index (χ4n) is 1.34. The lowest BCUT2D eigenvalue weighted by Crippen LogP contribution is -2.38. The van der Waals surface area contributed by atoms with Crippen LogP contribution < -0.4 is 0 Å². The van der Waals surface area contributed by atoms with Crippen molar-refractivity contribution in [2.75, 3.05) is 7.11 Å². The number of carbonyl (C=O) groups is 1. The van der Waals surface area contributed by atoms with E-state index in [4.69, 9.17) is 0 Å². The molecule has 3 nitrogen and oxygen atoms in total. The topological polar surface area (TPSA) is 46.5 Å². The van der Waals surface area contributed by atoms with Crippen LogP contribution in [0.5, 0.6) is 0 Å². The average molecular weight is 212 g/mol. The molecule has 0 aliphatic carbocycles. The fourth-order valence-corrected chi connectivity index (χ4v) is 1.34. The lowest BCUT2D eigenvalue weighted by Gasteiger charge is -2.19. The van der Waals surface area contributed by atoms with Crippen LogP contribution in [-0.4, -0.2) is 23.8 Å². The first-order chi connectivity index (χ1) is 6.95. The van der Waals surface area contributed by atoms with Gasteiger partial charge in [0.05, 0.1) is 7.11 Å². The first-order valence-corrected chi connectivity index (χ1v) is 4.51. The minimum Gasteiger partial charge on any atom is -0.467 e. The van der Waals surface area contributed by atoms with Crippen molar-refractivity contribution < 1.29 is 19.0 Å². The van der Waals surface area contributed by atoms with Gasteiger partial charge in [-0.15, -0.1) is 0 Å². The smallest absolute Gasteiger partial charge is 0.337 e. The summed E-state index contributed by atoms with van der Waals surface area (Å²) in [6.45, 7) is 1.34. The Morgan fingerprint density at radius 1 is 1.60 bits per heavy atom. The second kappa shape index (κ2) is 4.40. The molecule has 4 heteroatoms. The van der Waals surface area contributed by atoms with Crippen molar-refractivity contribution in [2.45, 2.75) is 18.9 Å². The molecule has 1 rings (SSSR count). The highest BCUT2D eigenvalue weighted by Gasteiger charge is 2.31. The van der Waals surface area contributed by atoms with Gasteiger partial charge in [-0.05, 0) is 24.6 Å². The number of esters is 1. The molecule has 0 amide bonds. The van der Waals surface area contributed by atoms with Gasteiger partial charge in [-0.3, -0.25) is 0 Å². The predicted octanol–water partition coefficient (Wildman–Crippen LogP) is 1.29. The molecule has 1 unspecified atom stereocenters. The van der Waals surface area contributed by atoms with E-state index < -0.39 is 17.4 Å². The maximum absolute atomic E-state index is 12.8. The minimum atomic E-state index is -1.62. The van der Waals surface area contributed by atoms with E-state index in [9.17, 15) is 14.3 Å². The van der Waals surface area contributed by atoms with E-state index in [0.717, 1.165) is 0 Å². The normalized spacial score (nSPS) is 14.4. The third-order valence-corrected chi connectivity index (χ3v) is 2.06. The highest BCUT2D eigenvalue weighted by atomic mass is 19.1. The fraction of sp³-hybridized carbons (Fsp3) is 0.364. The van der Waals surface area contributed by atoms with Crippen LogP contribution >= 0.6 is 0 Å². The van der Waals surface area contributed by atoms with Gasteiger partial charge in [0.25, 0.3) is 0 Å². The second-order valence-electron chi connectivity index (χ2n) is 3.57. The Bertz CT molecular complexity index is 361. The molecule has 0 radical (unpaired) electrons. The van der Waals surface area contributed by atoms with Crippen LogP contribution in [0.2, 0.25) is 0 Å². The molecule has 0 aliphatic rings. The molecule has 1 aromatic carbocycles. The van der Waals surface area contributed by atoms with Crippen molar-refractivity contribution in [1.82, 2.24) is 0 Å². The van der Waals surface area contributed by atoms with E-state index >= 15 is 0 Å². The maximum Gasteiger partial charge on any atom is 0.337 e. The van der Waals surface area contributed by atoms with Crippen LogP contribution in [0.25, 0.3) is 0 Å². The molecule has 0 fully saturated rings. The maximum atomic E-state index is 12.8. The van der Waals surface area contributed by atoms with Gasteiger partial charge in [0, 0.05) is 6.42 Å². The molecule has 0 aliphatic heterocycles. The molecule has 0 bridgehead atoms. The van der Waals surface area contributed by atoms with E-state index in [0.29, 0.717) is 5.56 Å². The van der Waals surface area contributed by atoms with E-state index in [1.807, 2.05) is 0 Å². The number of halogens is 1. The molecule has 82 valence electrons. The summed E-state index contributed by atoms with van der Waals surface area (Å²) in [5, 5.41) is 9.73. The zero-order valence-electron chi connectivity index (χ0n) is 8.66. The quantitative estimate of drug-likeness (QED) is 0.768. The third kappa shape index (κ3) is 3.02. The van der Waals surface area contributed by atoms with Gasteiger partial charge in [0.1, 0.15) is 5.82 Å². The summed E-state index contributed by atoms with van der Waals surface area (Å²) in [5.74, 6) is -1.13. The second-order valence-corrected chi connectivity index (χ2v) is 3.57. The zero-order valence-corrected chi connectivity index (χ0v) is 8.66. The van der Waals surface area contributed by atoms with Crippen molar-refractivity contribution >= 4 is 5.97 Å². The van der Waals surface area contributed by atoms with Crippen LogP contribution in [0, 0.1) is 5.82 Å². The van der Waals surface area contributed by atoms with E-state index in [-0.39, 0.29) is 6.42 Å². The third-order valence-electron chi connectivity index (χ3n) is 2.06. The molecular weight excluding hydrogens is 199 g/mol. The van der Waals surface area contributed by atoms with Crippen molar-refractivity contribution in [3.8, 4) is 0 Å². The standard InChI is InChI=1S/C11H13FO3/c1-11(14,10(13)15-2)7-8-4-3-5-9(12)6-8/h3-6,14H,7H2,1-2H3. The van der Waals surface area contributed by atoms with Crippen molar-refractivity contribution in [2.24, 2.45) is 0 Å². The van der Waals surface area contributed by atoms with E-state index in [1.165, 1.54) is 32.2 Å². The molecule has 15 heavy (non-hydrogen) atoms. The first-order valence-electron chi connectivity index (χ1n) is 4.51. The lowest BCUT2D eigenvalue weighted by molar-refractivity contribution is -0.160. The summed E-state index contributed by atoms with van der Waals surface area (Å²) in [5.41, 5.74) is -1.08. The molecule has 0 aromatic heterocycles. The summed E-state index contributed by atoms with van der Waals surface area (Å²) in [6.07, 6.45) is 0.0252. The molecular formula is C11H13FO3. The van der Waals surface area contributed by atoms with Gasteiger partial charge in [-0.2, -0.15) is 0 Å². The Hall–Kier alpha value is -1.42. The number of ether oxygens (including phenoxy) is 1. The van der Waals surface area contributed by atoms with Gasteiger partial charge < -0.3 is 9.84 Å². The summed E-state index contributed by atoms with van der Waals surface area (Å²) >= 11 is 0. The van der Waals surface area contributed by atoms with Crippen molar-refractivity contribution in [1.29, 1.82) is 0 Å². The molecule has 1 atom stereocenters. The molecule has 0 spiro atoms. The van der Waals surface area contributed by atoms with Gasteiger partial charge in [-0.25, -0.2) is 9.18 Å². The number of rotatable bonds is 3. The molecule has 1 aromatic rings. The summed E-state index contributed by atoms with van der Waals surface area (Å²) in [7, 11) is 1.20. The largest absolute Gasteiger partial charge is 0.467 e. The summed E-state index contributed by atoms with van der Waals surface area (Å²) < 4.78 is 17.3. The highest BCUT2D eigenvalue weighted by molar-refractivity contribution is 5.79. The molecule has 1 N–H and O–H groups in total. The Kier molecular flexibility index (Phi) is 3.42. The summed E-state index contributed by atoms with van der Waals surface area (Å²) in [6, 6.07) is 5.74. The van der Waals surface area contributed by atoms with Crippen LogP contribution in [0.3, 0.4) is 0 Å². The lowest BCUT2D eigenvalue weighted by atomic mass is 9.97. The SMILES string of the molecule is COC(=O)C(C)(O)Cc1cccc(F)c1. The monoisotopic (exact) mass is 212 g/mol. The Labute approximate surface area is 87.5 Å². The Morgan fingerprint density at radius 2 is 2.27 bits per heavy atom. The summed E-state index contributed by atoms with van der Waals surface area (Å²) in [4.78, 5) is 11.2.